The molecule has 0 aromatic carbocycles. The molecule has 1 atom stereocenters. The van der Waals surface area contributed by atoms with Crippen molar-refractivity contribution in [3.05, 3.63) is 38.5 Å². The zero-order valence-electron chi connectivity index (χ0n) is 11.1. The number of carbonyl (C=O) groups excluding carboxylic acids is 1. The maximum atomic E-state index is 12.2. The fourth-order valence-corrected chi connectivity index (χ4v) is 3.34. The van der Waals surface area contributed by atoms with Crippen LogP contribution in [-0.4, -0.2) is 28.5 Å². The first-order chi connectivity index (χ1) is 10.1. The van der Waals surface area contributed by atoms with Crippen LogP contribution in [-0.2, 0) is 11.2 Å². The van der Waals surface area contributed by atoms with E-state index in [0.29, 0.717) is 18.7 Å². The Bertz CT molecular complexity index is 610. The van der Waals surface area contributed by atoms with Crippen LogP contribution in [0, 0.1) is 0 Å². The molecule has 0 aliphatic rings. The third-order valence-corrected chi connectivity index (χ3v) is 4.61. The minimum atomic E-state index is -0.962. The lowest BCUT2D eigenvalue weighted by Gasteiger charge is -2.14. The van der Waals surface area contributed by atoms with Crippen LogP contribution in [0.3, 0.4) is 0 Å². The third kappa shape index (κ3) is 4.35. The van der Waals surface area contributed by atoms with Crippen LogP contribution in [0.2, 0.25) is 0 Å². The van der Waals surface area contributed by atoms with Crippen molar-refractivity contribution in [3.8, 4) is 0 Å². The number of thiazole rings is 1. The van der Waals surface area contributed by atoms with Crippen molar-refractivity contribution in [1.82, 2.24) is 10.3 Å². The Morgan fingerprint density at radius 2 is 2.24 bits per heavy atom. The molecule has 0 saturated carbocycles. The highest BCUT2D eigenvalue weighted by molar-refractivity contribution is 7.10. The minimum absolute atomic E-state index is 0.161. The van der Waals surface area contributed by atoms with E-state index in [1.54, 1.807) is 11.4 Å². The van der Waals surface area contributed by atoms with Gasteiger partial charge < -0.3 is 16.2 Å². The van der Waals surface area contributed by atoms with Gasteiger partial charge in [0.2, 0.25) is 0 Å². The molecule has 6 nitrogen and oxygen atoms in total. The van der Waals surface area contributed by atoms with Crippen LogP contribution in [0.15, 0.2) is 22.9 Å². The maximum absolute atomic E-state index is 12.2. The molecule has 8 heteroatoms. The molecule has 0 aliphatic carbocycles. The zero-order chi connectivity index (χ0) is 15.2. The van der Waals surface area contributed by atoms with Gasteiger partial charge in [0.25, 0.3) is 5.91 Å². The van der Waals surface area contributed by atoms with E-state index in [1.807, 2.05) is 11.4 Å². The van der Waals surface area contributed by atoms with Crippen molar-refractivity contribution in [2.75, 3.05) is 6.54 Å². The summed E-state index contributed by atoms with van der Waals surface area (Å²) in [4.78, 5) is 28.1. The first kappa shape index (κ1) is 15.6. The summed E-state index contributed by atoms with van der Waals surface area (Å²) in [6.07, 6.45) is 0.466. The number of thiophene rings is 1. The van der Waals surface area contributed by atoms with Gasteiger partial charge in [-0.1, -0.05) is 6.07 Å². The van der Waals surface area contributed by atoms with Crippen molar-refractivity contribution in [2.45, 2.75) is 18.9 Å². The molecule has 0 saturated heterocycles. The number of rotatable bonds is 7. The van der Waals surface area contributed by atoms with Gasteiger partial charge in [0.15, 0.2) is 0 Å². The van der Waals surface area contributed by atoms with Gasteiger partial charge in [0.1, 0.15) is 5.69 Å². The predicted molar refractivity (Wildman–Crippen MR) is 81.7 cm³/mol. The lowest BCUT2D eigenvalue weighted by Crippen LogP contribution is -2.30. The fraction of sp³-hybridized carbons (Fsp3) is 0.308. The fourth-order valence-electron chi connectivity index (χ4n) is 1.77. The summed E-state index contributed by atoms with van der Waals surface area (Å²) in [5.74, 6) is -1.33. The number of carboxylic acid groups (broad SMARTS) is 1. The average molecular weight is 325 g/mol. The summed E-state index contributed by atoms with van der Waals surface area (Å²) in [6.45, 7) is 0.478. The molecule has 0 radical (unpaired) electrons. The van der Waals surface area contributed by atoms with Crippen LogP contribution >= 0.6 is 22.7 Å². The van der Waals surface area contributed by atoms with E-state index in [9.17, 15) is 9.59 Å². The molecule has 4 N–H and O–H groups in total. The van der Waals surface area contributed by atoms with Crippen molar-refractivity contribution < 1.29 is 14.7 Å². The maximum Gasteiger partial charge on any atom is 0.305 e. The molecule has 2 heterocycles. The predicted octanol–water partition coefficient (Wildman–Crippen LogP) is 1.65. The Balaban J connectivity index is 2.08. The second-order valence-electron chi connectivity index (χ2n) is 4.30. The summed E-state index contributed by atoms with van der Waals surface area (Å²) in [5, 5.41) is 16.0. The van der Waals surface area contributed by atoms with Crippen molar-refractivity contribution in [2.24, 2.45) is 5.73 Å². The van der Waals surface area contributed by atoms with Gasteiger partial charge in [-0.25, -0.2) is 4.98 Å². The second-order valence-corrected chi connectivity index (χ2v) is 6.23. The SMILES string of the molecule is NCCc1nc(C(=O)NC(CC(=O)O)c2cccs2)cs1. The molecule has 0 spiro atoms. The van der Waals surface area contributed by atoms with Crippen LogP contribution in [0.25, 0.3) is 0 Å². The Hall–Kier alpha value is -1.77. The topological polar surface area (TPSA) is 105 Å². The molecular formula is C13H15N3O3S2. The second kappa shape index (κ2) is 7.30. The van der Waals surface area contributed by atoms with Crippen LogP contribution in [0.4, 0.5) is 0 Å². The molecule has 2 rings (SSSR count). The van der Waals surface area contributed by atoms with Crippen LogP contribution in [0.5, 0.6) is 0 Å². The zero-order valence-corrected chi connectivity index (χ0v) is 12.7. The normalized spacial score (nSPS) is 12.0. The standard InChI is InChI=1S/C13H15N3O3S2/c14-4-3-11-15-9(7-21-11)13(19)16-8(6-12(17)18)10-2-1-5-20-10/h1-2,5,7-8H,3-4,6,14H2,(H,16,19)(H,17,18). The molecule has 0 bridgehead atoms. The number of amides is 1. The van der Waals surface area contributed by atoms with Gasteiger partial charge in [-0.15, -0.1) is 22.7 Å². The van der Waals surface area contributed by atoms with Gasteiger partial charge in [-0.05, 0) is 18.0 Å². The Morgan fingerprint density at radius 3 is 2.86 bits per heavy atom. The van der Waals surface area contributed by atoms with E-state index in [2.05, 4.69) is 10.3 Å². The Kier molecular flexibility index (Phi) is 5.43. The number of carbonyl (C=O) groups is 2. The minimum Gasteiger partial charge on any atom is -0.481 e. The largest absolute Gasteiger partial charge is 0.481 e. The first-order valence-electron chi connectivity index (χ1n) is 6.30. The monoisotopic (exact) mass is 325 g/mol. The van der Waals surface area contributed by atoms with Gasteiger partial charge >= 0.3 is 5.97 Å². The third-order valence-electron chi connectivity index (χ3n) is 2.71. The summed E-state index contributed by atoms with van der Waals surface area (Å²) in [6, 6.07) is 3.08. The summed E-state index contributed by atoms with van der Waals surface area (Å²) in [7, 11) is 0. The molecule has 21 heavy (non-hydrogen) atoms. The van der Waals surface area contributed by atoms with E-state index in [-0.39, 0.29) is 12.3 Å². The van der Waals surface area contributed by atoms with Gasteiger partial charge in [0.05, 0.1) is 17.5 Å². The number of carboxylic acids is 1. The summed E-state index contributed by atoms with van der Waals surface area (Å²) < 4.78 is 0. The molecule has 1 unspecified atom stereocenters. The van der Waals surface area contributed by atoms with Crippen LogP contribution < -0.4 is 11.1 Å². The number of hydrogen-bond donors (Lipinski definition) is 3. The van der Waals surface area contributed by atoms with E-state index >= 15 is 0 Å². The molecular weight excluding hydrogens is 310 g/mol. The summed E-state index contributed by atoms with van der Waals surface area (Å²) in [5.41, 5.74) is 5.75. The smallest absolute Gasteiger partial charge is 0.305 e. The highest BCUT2D eigenvalue weighted by Crippen LogP contribution is 2.22. The van der Waals surface area contributed by atoms with E-state index < -0.39 is 12.0 Å². The van der Waals surface area contributed by atoms with Gasteiger partial charge in [0, 0.05) is 16.7 Å². The summed E-state index contributed by atoms with van der Waals surface area (Å²) >= 11 is 2.79. The molecule has 0 aliphatic heterocycles. The highest BCUT2D eigenvalue weighted by Gasteiger charge is 2.21. The number of nitrogens with zero attached hydrogens (tertiary/aromatic N) is 1. The van der Waals surface area contributed by atoms with E-state index in [4.69, 9.17) is 10.8 Å². The number of aromatic nitrogens is 1. The molecule has 1 amide bonds. The number of hydrogen-bond acceptors (Lipinski definition) is 6. The molecule has 2 aromatic rings. The van der Waals surface area contributed by atoms with Crippen molar-refractivity contribution in [3.63, 3.8) is 0 Å². The number of nitrogens with one attached hydrogen (secondary N) is 1. The molecule has 2 aromatic heterocycles. The van der Waals surface area contributed by atoms with Crippen LogP contribution in [0.1, 0.15) is 32.8 Å². The molecule has 0 fully saturated rings. The average Bonchev–Trinajstić information content (AvgIpc) is 3.09. The highest BCUT2D eigenvalue weighted by atomic mass is 32.1. The Morgan fingerprint density at radius 1 is 1.43 bits per heavy atom. The number of nitrogens with two attached hydrogens (primary N) is 1. The molecule has 112 valence electrons. The van der Waals surface area contributed by atoms with Gasteiger partial charge in [-0.2, -0.15) is 0 Å². The lowest BCUT2D eigenvalue weighted by atomic mass is 10.1. The van der Waals surface area contributed by atoms with Crippen molar-refractivity contribution in [1.29, 1.82) is 0 Å². The first-order valence-corrected chi connectivity index (χ1v) is 8.06. The van der Waals surface area contributed by atoms with E-state index in [1.165, 1.54) is 22.7 Å². The van der Waals surface area contributed by atoms with Crippen molar-refractivity contribution >= 4 is 34.6 Å². The van der Waals surface area contributed by atoms with Gasteiger partial charge in [-0.3, -0.25) is 9.59 Å². The van der Waals surface area contributed by atoms with E-state index in [0.717, 1.165) is 9.88 Å². The quantitative estimate of drug-likeness (QED) is 0.718. The Labute approximate surface area is 129 Å². The lowest BCUT2D eigenvalue weighted by molar-refractivity contribution is -0.137. The number of aliphatic carboxylic acids is 1.